The predicted molar refractivity (Wildman–Crippen MR) is 398 cm³/mol. The lowest BCUT2D eigenvalue weighted by molar-refractivity contribution is 0.291. The number of ether oxygens (including phenoxy) is 4. The Balaban J connectivity index is 0.680. The lowest BCUT2D eigenvalue weighted by Gasteiger charge is -2.33. The van der Waals surface area contributed by atoms with Crippen LogP contribution in [0.1, 0.15) is 0 Å². The summed E-state index contributed by atoms with van der Waals surface area (Å²) in [6.45, 7) is 0. The highest BCUT2D eigenvalue weighted by atomic mass is 35.5. The molecule has 0 saturated heterocycles. The molecule has 7 heterocycles. The van der Waals surface area contributed by atoms with Crippen LogP contribution in [-0.4, -0.2) is 170 Å². The fourth-order valence-electron chi connectivity index (χ4n) is 11.6. The molecule has 4 atom stereocenters. The van der Waals surface area contributed by atoms with Crippen molar-refractivity contribution in [2.24, 2.45) is 20.0 Å². The molecular formula is C57H32Cl7N19O22S6. The number of aromatic nitrogens is 9. The highest BCUT2D eigenvalue weighted by molar-refractivity contribution is 7.91. The largest absolute Gasteiger partial charge is 0.474 e. The number of fused-ring (bicyclic) bond motifs is 8. The number of hydrogen-bond donors (Lipinski definition) is 12. The molecule has 3 aromatic heterocycles. The van der Waals surface area contributed by atoms with E-state index in [0.717, 1.165) is 36.4 Å². The third-order valence-electron chi connectivity index (χ3n) is 15.9. The zero-order valence-corrected chi connectivity index (χ0v) is 63.4. The highest BCUT2D eigenvalue weighted by Crippen LogP contribution is 2.60. The van der Waals surface area contributed by atoms with Gasteiger partial charge in [0.1, 0.15) is 72.3 Å². The number of rotatable bonds is 18. The first kappa shape index (κ1) is 76.4. The summed E-state index contributed by atoms with van der Waals surface area (Å²) >= 11 is 46.4. The predicted octanol–water partition coefficient (Wildman–Crippen LogP) is 9.26. The second-order valence-corrected chi connectivity index (χ2v) is 33.8. The van der Waals surface area contributed by atoms with Gasteiger partial charge in [0.05, 0.1) is 57.0 Å². The van der Waals surface area contributed by atoms with Gasteiger partial charge >= 0.3 is 0 Å². The van der Waals surface area contributed by atoms with Gasteiger partial charge < -0.3 is 50.8 Å². The first-order valence-corrected chi connectivity index (χ1v) is 41.1. The molecule has 8 aliphatic rings. The lowest BCUT2D eigenvalue weighted by atomic mass is 10.0. The Bertz CT molecular complexity index is 6240. The molecular weight excluding hydrogens is 1740 g/mol. The number of nitrogens with one attached hydrogen (secondary N) is 6. The molecule has 54 heteroatoms. The number of nitrogens with zero attached hydrogens (tertiary/aromatic N) is 13. The molecule has 12 N–H and O–H groups in total. The number of allylic oxidation sites excluding steroid dienone is 4. The molecule has 0 fully saturated rings. The number of benzene rings is 4. The third kappa shape index (κ3) is 14.7. The van der Waals surface area contributed by atoms with Crippen molar-refractivity contribution < 1.29 is 96.8 Å². The van der Waals surface area contributed by atoms with Gasteiger partial charge in [-0.15, -0.1) is 0 Å². The maximum Gasteiger partial charge on any atom is 0.296 e. The van der Waals surface area contributed by atoms with Crippen LogP contribution in [0, 0.1) is 0 Å². The van der Waals surface area contributed by atoms with Gasteiger partial charge in [0.2, 0.25) is 51.5 Å². The second kappa shape index (κ2) is 27.7. The lowest BCUT2D eigenvalue weighted by Crippen LogP contribution is -2.38. The van der Waals surface area contributed by atoms with Crippen molar-refractivity contribution in [2.75, 3.05) is 31.9 Å². The van der Waals surface area contributed by atoms with Crippen LogP contribution in [0.15, 0.2) is 169 Å². The molecule has 0 spiro atoms. The minimum atomic E-state index is -5.42. The zero-order valence-electron chi connectivity index (χ0n) is 53.2. The molecule has 0 bridgehead atoms. The first-order valence-electron chi connectivity index (χ1n) is 29.8. The summed E-state index contributed by atoms with van der Waals surface area (Å²) in [5, 5.41) is 11.9. The van der Waals surface area contributed by atoms with Gasteiger partial charge in [-0.05, 0) is 108 Å². The van der Waals surface area contributed by atoms with Gasteiger partial charge in [0.15, 0.2) is 47.4 Å². The summed E-state index contributed by atoms with van der Waals surface area (Å²) < 4.78 is 243. The number of hydrogen-bond acceptors (Lipinski definition) is 35. The van der Waals surface area contributed by atoms with Crippen LogP contribution in [0.3, 0.4) is 0 Å². The number of para-hydroxylation sites is 2. The Kier molecular flexibility index (Phi) is 19.1. The first-order chi connectivity index (χ1) is 52.1. The van der Waals surface area contributed by atoms with E-state index in [4.69, 9.17) is 100 Å². The molecule has 0 saturated carbocycles. The fraction of sp³-hybridized carbons (Fsp3) is 0.0702. The van der Waals surface area contributed by atoms with E-state index in [0.29, 0.717) is 0 Å². The van der Waals surface area contributed by atoms with E-state index in [1.165, 1.54) is 60.7 Å². The molecule has 7 aromatic rings. The van der Waals surface area contributed by atoms with E-state index < -0.39 is 232 Å². The monoisotopic (exact) mass is 1770 g/mol. The van der Waals surface area contributed by atoms with Gasteiger partial charge in [0.25, 0.3) is 60.7 Å². The Labute approximate surface area is 655 Å². The van der Waals surface area contributed by atoms with Crippen LogP contribution < -0.4 is 50.8 Å². The molecule has 4 aromatic carbocycles. The van der Waals surface area contributed by atoms with Crippen molar-refractivity contribution in [2.45, 2.75) is 34.2 Å². The molecule has 111 heavy (non-hydrogen) atoms. The highest BCUT2D eigenvalue weighted by Gasteiger charge is 2.48. The number of aliphatic imine (C=N–C) groups is 4. The van der Waals surface area contributed by atoms with Gasteiger partial charge in [-0.3, -0.25) is 27.3 Å². The summed E-state index contributed by atoms with van der Waals surface area (Å²) in [7, 11) is -31.0. The van der Waals surface area contributed by atoms with E-state index in [-0.39, 0.29) is 57.0 Å². The number of anilines is 8. The van der Waals surface area contributed by atoms with Crippen LogP contribution in [0.25, 0.3) is 0 Å². The van der Waals surface area contributed by atoms with Crippen molar-refractivity contribution >= 4 is 235 Å². The molecule has 4 unspecified atom stereocenters. The van der Waals surface area contributed by atoms with Crippen molar-refractivity contribution in [1.29, 1.82) is 0 Å². The van der Waals surface area contributed by atoms with Gasteiger partial charge in [-0.2, -0.15) is 95.4 Å². The average molecular weight is 1780 g/mol. The SMILES string of the molecule is O=S(=O)(O)C1=C(Nc2nc(Cl)nc(NC3=C(S(=O)(=O)O)C4Oc5c(Cl)c6c(c(Cl)c5N=C4C=C3)OC3C(=N6)C=CC(Nc4nc(Cl)nc(Nc5ccccc5S(=O)(=O)O)n4)=C3S(=O)(=O)O)n2)C=CC2=Nc3c(Cl)c4c(c(Cl)c3OC21)N=C1C=CC(Nc2nc(Cl)nc(Nc3ccccc3S(=O)(=O)O)n2)=C(S(=O)(=O)O)C1O4. The minimum absolute atomic E-state index is 0.201. The van der Waals surface area contributed by atoms with Crippen LogP contribution in [0.2, 0.25) is 35.9 Å². The van der Waals surface area contributed by atoms with Crippen LogP contribution >= 0.6 is 81.2 Å². The Morgan fingerprint density at radius 3 is 0.721 bits per heavy atom. The molecule has 0 amide bonds. The van der Waals surface area contributed by atoms with Crippen molar-refractivity contribution in [3.8, 4) is 23.0 Å². The second-order valence-electron chi connectivity index (χ2n) is 22.9. The fourth-order valence-corrected chi connectivity index (χ4v) is 17.7. The average Bonchev–Trinajstić information content (AvgIpc) is 0.726. The Morgan fingerprint density at radius 2 is 0.505 bits per heavy atom. The topological polar surface area (TPSA) is 601 Å². The molecule has 15 rings (SSSR count). The molecule has 4 aliphatic heterocycles. The van der Waals surface area contributed by atoms with E-state index in [1.54, 1.807) is 0 Å². The van der Waals surface area contributed by atoms with Gasteiger partial charge in [-0.1, -0.05) is 70.7 Å². The summed E-state index contributed by atoms with van der Waals surface area (Å²) in [6, 6.07) is 10.2. The Morgan fingerprint density at radius 1 is 0.288 bits per heavy atom. The van der Waals surface area contributed by atoms with E-state index in [9.17, 15) is 77.8 Å². The molecule has 41 nitrogen and oxygen atoms in total. The quantitative estimate of drug-likeness (QED) is 0.0356. The van der Waals surface area contributed by atoms with Gasteiger partial charge in [-0.25, -0.2) is 20.0 Å². The van der Waals surface area contributed by atoms with Gasteiger partial charge in [0, 0.05) is 0 Å². The zero-order chi connectivity index (χ0) is 79.2. The molecule has 572 valence electrons. The summed E-state index contributed by atoms with van der Waals surface area (Å²) in [4.78, 5) is 49.0. The van der Waals surface area contributed by atoms with Crippen molar-refractivity contribution in [3.63, 3.8) is 0 Å². The third-order valence-corrected chi connectivity index (χ3v) is 23.6. The normalized spacial score (nSPS) is 19.0. The smallest absolute Gasteiger partial charge is 0.296 e. The number of halogens is 7. The van der Waals surface area contributed by atoms with Crippen molar-refractivity contribution in [1.82, 2.24) is 44.9 Å². The van der Waals surface area contributed by atoms with Crippen LogP contribution in [0.5, 0.6) is 23.0 Å². The van der Waals surface area contributed by atoms with Crippen LogP contribution in [-0.2, 0) is 60.7 Å². The maximum absolute atomic E-state index is 13.5. The molecule has 4 aliphatic carbocycles. The maximum atomic E-state index is 13.5. The standard InChI is InChI=1S/C57H32Cl7N19O22S6/c58-29-35-43(31(60)33-41(29)102-37-19(65-33)9-13-23(45(37)108(90,91)92)71-54-77-49(62)75-52(81-54)69-17-5-1-3-7-27(17)106(84,85)86)104-39-21(67-35)11-15-25(47(39)110(96,97)98)73-56-79-51(64)80-57(83-56)74-26-16-12-22-40(48(26)111(99,100)101)105-44-32(61)34-42(30(59)36(44)68-22)103-38-20(66-34)10-14-24(46(38)109(93,94)95)72-55-78-50(63)76-53(82-55)70-18-6-2-4-8-28(18)107(87,88)89/h1-16,37-40H,(H,84,85,86)(H,87,88,89)(H,90,91,92)(H,93,94,95)(H,96,97,98)(H,99,100,101)(H2,69,71,75,77,81)(H2,70,72,76,78,82)(H2,73,74,79,80,83). The van der Waals surface area contributed by atoms with Crippen molar-refractivity contribution in [3.05, 3.63) is 175 Å². The van der Waals surface area contributed by atoms with E-state index >= 15 is 0 Å². The molecule has 0 radical (unpaired) electrons. The van der Waals surface area contributed by atoms with Crippen LogP contribution in [0.4, 0.5) is 69.8 Å². The summed E-state index contributed by atoms with van der Waals surface area (Å²) in [5.41, 5.74) is -4.78. The van der Waals surface area contributed by atoms with E-state index in [2.05, 4.69) is 96.7 Å². The Hall–Kier alpha value is -10.0. The summed E-state index contributed by atoms with van der Waals surface area (Å²) in [6.07, 6.45) is 1.61. The summed E-state index contributed by atoms with van der Waals surface area (Å²) in [5.74, 6) is -4.83. The van der Waals surface area contributed by atoms with E-state index in [1.807, 2.05) is 0 Å². The minimum Gasteiger partial charge on any atom is -0.474 e.